The zero-order valence-electron chi connectivity index (χ0n) is 20.7. The normalized spacial score (nSPS) is 15.8. The summed E-state index contributed by atoms with van der Waals surface area (Å²) in [6.45, 7) is 3.14. The number of ether oxygens (including phenoxy) is 1. The molecule has 1 aliphatic heterocycles. The van der Waals surface area contributed by atoms with Crippen molar-refractivity contribution in [2.45, 2.75) is 45.6 Å². The Morgan fingerprint density at radius 1 is 1.06 bits per heavy atom. The summed E-state index contributed by atoms with van der Waals surface area (Å²) in [6.07, 6.45) is 4.97. The second-order valence-corrected chi connectivity index (χ2v) is 9.30. The molecule has 9 nitrogen and oxygen atoms in total. The standard InChI is InChI=1S/C27H32N4O5/c1-17-8-9-20(15-23(17)31-11-10-28-27(31)35)24(32)29-16-18-12-21(26(34)36-2)14-22(13-18)30-25(33)19-6-4-3-5-7-19/h8-9,12-15,19H,3-7,10-11,16H2,1-2H3,(H,28,35)(H,29,32)(H,30,33). The molecule has 0 bridgehead atoms. The van der Waals surface area contributed by atoms with Crippen LogP contribution in [0.1, 0.15) is 63.9 Å². The van der Waals surface area contributed by atoms with Crippen LogP contribution in [0.25, 0.3) is 0 Å². The number of carbonyl (C=O) groups excluding carboxylic acids is 4. The maximum atomic E-state index is 12.9. The largest absolute Gasteiger partial charge is 0.465 e. The first-order valence-corrected chi connectivity index (χ1v) is 12.3. The van der Waals surface area contributed by atoms with E-state index >= 15 is 0 Å². The molecule has 36 heavy (non-hydrogen) atoms. The fraction of sp³-hybridized carbons (Fsp3) is 0.407. The van der Waals surface area contributed by atoms with Gasteiger partial charge in [-0.2, -0.15) is 0 Å². The Bertz CT molecular complexity index is 1170. The Hall–Kier alpha value is -3.88. The summed E-state index contributed by atoms with van der Waals surface area (Å²) in [5.41, 5.74) is 3.45. The van der Waals surface area contributed by atoms with Crippen molar-refractivity contribution in [2.75, 3.05) is 30.4 Å². The van der Waals surface area contributed by atoms with Gasteiger partial charge < -0.3 is 20.7 Å². The van der Waals surface area contributed by atoms with Crippen LogP contribution >= 0.6 is 0 Å². The Morgan fingerprint density at radius 3 is 2.53 bits per heavy atom. The number of methoxy groups -OCH3 is 1. The van der Waals surface area contributed by atoms with Crippen molar-refractivity contribution in [3.63, 3.8) is 0 Å². The van der Waals surface area contributed by atoms with Gasteiger partial charge in [0.05, 0.1) is 12.7 Å². The maximum Gasteiger partial charge on any atom is 0.337 e. The number of rotatable bonds is 7. The fourth-order valence-electron chi connectivity index (χ4n) is 4.74. The maximum absolute atomic E-state index is 12.9. The van der Waals surface area contributed by atoms with Gasteiger partial charge in [0, 0.05) is 42.5 Å². The van der Waals surface area contributed by atoms with Gasteiger partial charge in [-0.25, -0.2) is 9.59 Å². The van der Waals surface area contributed by atoms with Gasteiger partial charge in [-0.1, -0.05) is 25.3 Å². The Morgan fingerprint density at radius 2 is 1.83 bits per heavy atom. The third kappa shape index (κ3) is 5.84. The van der Waals surface area contributed by atoms with Crippen LogP contribution < -0.4 is 20.9 Å². The number of carbonyl (C=O) groups is 4. The smallest absolute Gasteiger partial charge is 0.337 e. The second kappa shape index (κ2) is 11.2. The lowest BCUT2D eigenvalue weighted by Crippen LogP contribution is -2.29. The van der Waals surface area contributed by atoms with Crippen molar-refractivity contribution in [3.05, 3.63) is 58.7 Å². The van der Waals surface area contributed by atoms with E-state index in [2.05, 4.69) is 16.0 Å². The fourth-order valence-corrected chi connectivity index (χ4v) is 4.74. The molecule has 0 unspecified atom stereocenters. The highest BCUT2D eigenvalue weighted by Crippen LogP contribution is 2.26. The van der Waals surface area contributed by atoms with E-state index in [9.17, 15) is 19.2 Å². The number of amides is 4. The first-order chi connectivity index (χ1) is 17.4. The summed E-state index contributed by atoms with van der Waals surface area (Å²) in [5, 5.41) is 8.57. The number of nitrogens with zero attached hydrogens (tertiary/aromatic N) is 1. The Balaban J connectivity index is 1.48. The average molecular weight is 493 g/mol. The molecule has 0 aromatic heterocycles. The molecule has 4 rings (SSSR count). The summed E-state index contributed by atoms with van der Waals surface area (Å²) >= 11 is 0. The monoisotopic (exact) mass is 492 g/mol. The van der Waals surface area contributed by atoms with Crippen LogP contribution in [0.5, 0.6) is 0 Å². The highest BCUT2D eigenvalue weighted by atomic mass is 16.5. The van der Waals surface area contributed by atoms with Crippen LogP contribution in [0.2, 0.25) is 0 Å². The van der Waals surface area contributed by atoms with Gasteiger partial charge in [-0.3, -0.25) is 14.5 Å². The predicted octanol–water partition coefficient (Wildman–Crippen LogP) is 3.76. The van der Waals surface area contributed by atoms with Crippen LogP contribution in [0.4, 0.5) is 16.2 Å². The van der Waals surface area contributed by atoms with Crippen LogP contribution in [0.3, 0.4) is 0 Å². The molecule has 2 aliphatic rings. The van der Waals surface area contributed by atoms with Crippen molar-refractivity contribution in [1.29, 1.82) is 0 Å². The third-order valence-electron chi connectivity index (χ3n) is 6.73. The number of hydrogen-bond donors (Lipinski definition) is 3. The van der Waals surface area contributed by atoms with Gasteiger partial charge in [-0.15, -0.1) is 0 Å². The van der Waals surface area contributed by atoms with Gasteiger partial charge >= 0.3 is 12.0 Å². The molecule has 2 aromatic rings. The first-order valence-electron chi connectivity index (χ1n) is 12.3. The quantitative estimate of drug-likeness (QED) is 0.509. The van der Waals surface area contributed by atoms with E-state index in [-0.39, 0.29) is 30.3 Å². The molecule has 3 N–H and O–H groups in total. The van der Waals surface area contributed by atoms with Gasteiger partial charge in [0.25, 0.3) is 5.91 Å². The van der Waals surface area contributed by atoms with E-state index < -0.39 is 5.97 Å². The van der Waals surface area contributed by atoms with E-state index in [1.54, 1.807) is 35.2 Å². The Kier molecular flexibility index (Phi) is 7.87. The second-order valence-electron chi connectivity index (χ2n) is 9.30. The topological polar surface area (TPSA) is 117 Å². The van der Waals surface area contributed by atoms with Gasteiger partial charge in [0.1, 0.15) is 0 Å². The summed E-state index contributed by atoms with van der Waals surface area (Å²) in [4.78, 5) is 51.6. The number of benzene rings is 2. The molecule has 0 atom stereocenters. The predicted molar refractivity (Wildman–Crippen MR) is 136 cm³/mol. The van der Waals surface area contributed by atoms with Crippen molar-refractivity contribution in [1.82, 2.24) is 10.6 Å². The number of aryl methyl sites for hydroxylation is 1. The van der Waals surface area contributed by atoms with Crippen LogP contribution in [-0.4, -0.2) is 44.0 Å². The van der Waals surface area contributed by atoms with Crippen LogP contribution in [-0.2, 0) is 16.1 Å². The molecule has 1 heterocycles. The lowest BCUT2D eigenvalue weighted by Gasteiger charge is -2.21. The molecule has 0 radical (unpaired) electrons. The molecule has 2 aromatic carbocycles. The molecule has 1 aliphatic carbocycles. The van der Waals surface area contributed by atoms with E-state index in [4.69, 9.17) is 4.74 Å². The van der Waals surface area contributed by atoms with Crippen molar-refractivity contribution >= 4 is 35.2 Å². The average Bonchev–Trinajstić information content (AvgIpc) is 3.32. The highest BCUT2D eigenvalue weighted by Gasteiger charge is 2.24. The molecule has 1 saturated carbocycles. The lowest BCUT2D eigenvalue weighted by molar-refractivity contribution is -0.120. The summed E-state index contributed by atoms with van der Waals surface area (Å²) in [5.74, 6) is -0.919. The van der Waals surface area contributed by atoms with Crippen molar-refractivity contribution in [3.8, 4) is 0 Å². The number of urea groups is 1. The van der Waals surface area contributed by atoms with Gasteiger partial charge in [0.2, 0.25) is 5.91 Å². The van der Waals surface area contributed by atoms with E-state index in [1.165, 1.54) is 7.11 Å². The van der Waals surface area contributed by atoms with Crippen LogP contribution in [0.15, 0.2) is 36.4 Å². The van der Waals surface area contributed by atoms with Gasteiger partial charge in [-0.05, 0) is 61.2 Å². The number of anilines is 2. The molecule has 0 spiro atoms. The zero-order chi connectivity index (χ0) is 25.7. The molecule has 9 heteroatoms. The minimum atomic E-state index is -0.525. The molecular formula is C27H32N4O5. The van der Waals surface area contributed by atoms with Crippen molar-refractivity contribution < 1.29 is 23.9 Å². The number of esters is 1. The van der Waals surface area contributed by atoms with Crippen LogP contribution in [0, 0.1) is 12.8 Å². The number of hydrogen-bond acceptors (Lipinski definition) is 5. The van der Waals surface area contributed by atoms with E-state index in [0.29, 0.717) is 41.2 Å². The lowest BCUT2D eigenvalue weighted by atomic mass is 9.88. The Labute approximate surface area is 210 Å². The first kappa shape index (κ1) is 25.2. The minimum absolute atomic E-state index is 0.0305. The van der Waals surface area contributed by atoms with E-state index in [0.717, 1.165) is 37.7 Å². The molecule has 1 saturated heterocycles. The highest BCUT2D eigenvalue weighted by molar-refractivity contribution is 5.99. The molecule has 2 fully saturated rings. The summed E-state index contributed by atoms with van der Waals surface area (Å²) in [6, 6.07) is 10.0. The summed E-state index contributed by atoms with van der Waals surface area (Å²) < 4.78 is 4.87. The minimum Gasteiger partial charge on any atom is -0.465 e. The molecule has 190 valence electrons. The molecular weight excluding hydrogens is 460 g/mol. The van der Waals surface area contributed by atoms with Gasteiger partial charge in [0.15, 0.2) is 0 Å². The summed E-state index contributed by atoms with van der Waals surface area (Å²) in [7, 11) is 1.30. The number of nitrogens with one attached hydrogen (secondary N) is 3. The molecule has 4 amide bonds. The van der Waals surface area contributed by atoms with Crippen molar-refractivity contribution in [2.24, 2.45) is 5.92 Å². The SMILES string of the molecule is COC(=O)c1cc(CNC(=O)c2ccc(C)c(N3CCNC3=O)c2)cc(NC(=O)C2CCCCC2)c1. The zero-order valence-corrected chi connectivity index (χ0v) is 20.7. The third-order valence-corrected chi connectivity index (χ3v) is 6.73. The van der Waals surface area contributed by atoms with E-state index in [1.807, 2.05) is 13.0 Å².